The fourth-order valence-corrected chi connectivity index (χ4v) is 3.49. The van der Waals surface area contributed by atoms with E-state index in [2.05, 4.69) is 40.1 Å². The maximum Gasteiger partial charge on any atom is 0.222 e. The lowest BCUT2D eigenvalue weighted by Gasteiger charge is -2.34. The normalized spacial score (nSPS) is 24.3. The number of carbonyl (C=O) groups excluding carboxylic acids is 1. The molecule has 2 heterocycles. The van der Waals surface area contributed by atoms with Crippen molar-refractivity contribution in [2.45, 2.75) is 32.2 Å². The minimum atomic E-state index is 0.366. The van der Waals surface area contributed by atoms with Gasteiger partial charge in [0, 0.05) is 32.6 Å². The molecule has 0 unspecified atom stereocenters. The number of nitrogens with zero attached hydrogens (tertiary/aromatic N) is 2. The Hall–Kier alpha value is -1.35. The smallest absolute Gasteiger partial charge is 0.222 e. The first-order valence-corrected chi connectivity index (χ1v) is 7.85. The molecule has 1 aromatic rings. The lowest BCUT2D eigenvalue weighted by Crippen LogP contribution is -2.41. The molecular weight excluding hydrogens is 248 g/mol. The summed E-state index contributed by atoms with van der Waals surface area (Å²) in [5.41, 5.74) is 1.39. The van der Waals surface area contributed by atoms with Crippen LogP contribution in [0.15, 0.2) is 30.3 Å². The molecular formula is C17H24N2O. The molecule has 2 saturated heterocycles. The van der Waals surface area contributed by atoms with E-state index in [1.165, 1.54) is 24.9 Å². The van der Waals surface area contributed by atoms with Crippen molar-refractivity contribution in [2.75, 3.05) is 26.2 Å². The molecule has 108 valence electrons. The average molecular weight is 272 g/mol. The van der Waals surface area contributed by atoms with Gasteiger partial charge in [0.15, 0.2) is 0 Å². The molecule has 0 radical (unpaired) electrons. The number of hydrogen-bond donors (Lipinski definition) is 0. The number of carbonyl (C=O) groups is 1. The summed E-state index contributed by atoms with van der Waals surface area (Å²) in [6.45, 7) is 5.33. The molecule has 0 aliphatic carbocycles. The van der Waals surface area contributed by atoms with Crippen LogP contribution in [0.25, 0.3) is 0 Å². The topological polar surface area (TPSA) is 23.6 Å². The van der Waals surface area contributed by atoms with Crippen molar-refractivity contribution in [1.82, 2.24) is 9.80 Å². The molecule has 0 aromatic heterocycles. The van der Waals surface area contributed by atoms with E-state index in [-0.39, 0.29) is 0 Å². The van der Waals surface area contributed by atoms with Gasteiger partial charge in [-0.25, -0.2) is 0 Å². The van der Waals surface area contributed by atoms with Crippen LogP contribution in [0, 0.1) is 5.92 Å². The number of likely N-dealkylation sites (tertiary alicyclic amines) is 2. The lowest BCUT2D eigenvalue weighted by atomic mass is 9.97. The van der Waals surface area contributed by atoms with Gasteiger partial charge in [-0.1, -0.05) is 30.3 Å². The van der Waals surface area contributed by atoms with Crippen LogP contribution in [-0.2, 0) is 11.3 Å². The van der Waals surface area contributed by atoms with E-state index in [1.54, 1.807) is 0 Å². The van der Waals surface area contributed by atoms with Gasteiger partial charge in [-0.2, -0.15) is 0 Å². The van der Waals surface area contributed by atoms with E-state index < -0.39 is 0 Å². The van der Waals surface area contributed by atoms with Gasteiger partial charge in [0.05, 0.1) is 0 Å². The van der Waals surface area contributed by atoms with Crippen molar-refractivity contribution in [3.05, 3.63) is 35.9 Å². The van der Waals surface area contributed by atoms with E-state index in [9.17, 15) is 4.79 Å². The Labute approximate surface area is 121 Å². The Morgan fingerprint density at radius 3 is 2.70 bits per heavy atom. The Kier molecular flexibility index (Phi) is 4.36. The van der Waals surface area contributed by atoms with Crippen molar-refractivity contribution in [3.63, 3.8) is 0 Å². The summed E-state index contributed by atoms with van der Waals surface area (Å²) in [4.78, 5) is 16.4. The predicted molar refractivity (Wildman–Crippen MR) is 80.3 cm³/mol. The molecule has 0 spiro atoms. The second-order valence-electron chi connectivity index (χ2n) is 6.17. The maximum absolute atomic E-state index is 11.7. The minimum absolute atomic E-state index is 0.366. The summed E-state index contributed by atoms with van der Waals surface area (Å²) in [5, 5.41) is 0. The van der Waals surface area contributed by atoms with Crippen molar-refractivity contribution < 1.29 is 4.79 Å². The first-order chi connectivity index (χ1) is 9.81. The number of benzene rings is 1. The molecule has 20 heavy (non-hydrogen) atoms. The molecule has 2 fully saturated rings. The quantitative estimate of drug-likeness (QED) is 0.841. The number of rotatable bonds is 4. The first kappa shape index (κ1) is 13.6. The van der Waals surface area contributed by atoms with Crippen LogP contribution in [0.4, 0.5) is 0 Å². The summed E-state index contributed by atoms with van der Waals surface area (Å²) in [5.74, 6) is 1.03. The van der Waals surface area contributed by atoms with Crippen LogP contribution in [0.1, 0.15) is 31.2 Å². The molecule has 2 aliphatic rings. The Morgan fingerprint density at radius 2 is 1.95 bits per heavy atom. The second-order valence-corrected chi connectivity index (χ2v) is 6.17. The Bertz CT molecular complexity index is 446. The molecule has 3 heteroatoms. The van der Waals surface area contributed by atoms with E-state index in [4.69, 9.17) is 0 Å². The third-order valence-electron chi connectivity index (χ3n) is 4.50. The highest BCUT2D eigenvalue weighted by molar-refractivity contribution is 5.78. The van der Waals surface area contributed by atoms with Crippen LogP contribution in [-0.4, -0.2) is 41.9 Å². The summed E-state index contributed by atoms with van der Waals surface area (Å²) < 4.78 is 0. The molecule has 2 aliphatic heterocycles. The zero-order chi connectivity index (χ0) is 13.8. The monoisotopic (exact) mass is 272 g/mol. The zero-order valence-corrected chi connectivity index (χ0v) is 12.1. The van der Waals surface area contributed by atoms with Gasteiger partial charge < -0.3 is 4.90 Å². The molecule has 3 rings (SSSR count). The standard InChI is InChI=1S/C17H24N2O/c20-17-9-5-11-19(17)14-16-8-4-10-18(13-16)12-15-6-2-1-3-7-15/h1-3,6-7,16H,4-5,8-14H2/t16-/m1/s1. The summed E-state index contributed by atoms with van der Waals surface area (Å²) >= 11 is 0. The third kappa shape index (κ3) is 3.40. The van der Waals surface area contributed by atoms with Crippen LogP contribution in [0.3, 0.4) is 0 Å². The van der Waals surface area contributed by atoms with Gasteiger partial charge in [-0.05, 0) is 37.3 Å². The molecule has 0 bridgehead atoms. The van der Waals surface area contributed by atoms with Crippen molar-refractivity contribution >= 4 is 5.91 Å². The summed E-state index contributed by atoms with van der Waals surface area (Å²) in [6, 6.07) is 10.7. The minimum Gasteiger partial charge on any atom is -0.342 e. The fraction of sp³-hybridized carbons (Fsp3) is 0.588. The predicted octanol–water partition coefficient (Wildman–Crippen LogP) is 2.52. The number of hydrogen-bond acceptors (Lipinski definition) is 2. The van der Waals surface area contributed by atoms with E-state index in [0.717, 1.165) is 39.0 Å². The van der Waals surface area contributed by atoms with Gasteiger partial charge in [0.25, 0.3) is 0 Å². The molecule has 1 atom stereocenters. The van der Waals surface area contributed by atoms with Crippen molar-refractivity contribution in [1.29, 1.82) is 0 Å². The third-order valence-corrected chi connectivity index (χ3v) is 4.50. The highest BCUT2D eigenvalue weighted by atomic mass is 16.2. The summed E-state index contributed by atoms with van der Waals surface area (Å²) in [6.07, 6.45) is 4.36. The van der Waals surface area contributed by atoms with Gasteiger partial charge in [-0.3, -0.25) is 9.69 Å². The van der Waals surface area contributed by atoms with E-state index >= 15 is 0 Å². The van der Waals surface area contributed by atoms with Crippen LogP contribution < -0.4 is 0 Å². The van der Waals surface area contributed by atoms with Gasteiger partial charge in [0.2, 0.25) is 5.91 Å². The summed E-state index contributed by atoms with van der Waals surface area (Å²) in [7, 11) is 0. The molecule has 1 aromatic carbocycles. The van der Waals surface area contributed by atoms with Crippen molar-refractivity contribution in [2.24, 2.45) is 5.92 Å². The maximum atomic E-state index is 11.7. The molecule has 1 amide bonds. The largest absolute Gasteiger partial charge is 0.342 e. The Balaban J connectivity index is 1.52. The molecule has 3 nitrogen and oxygen atoms in total. The highest BCUT2D eigenvalue weighted by Gasteiger charge is 2.26. The highest BCUT2D eigenvalue weighted by Crippen LogP contribution is 2.21. The molecule has 0 saturated carbocycles. The van der Waals surface area contributed by atoms with E-state index in [1.807, 2.05) is 0 Å². The lowest BCUT2D eigenvalue weighted by molar-refractivity contribution is -0.128. The zero-order valence-electron chi connectivity index (χ0n) is 12.1. The van der Waals surface area contributed by atoms with E-state index in [0.29, 0.717) is 11.8 Å². The fourth-order valence-electron chi connectivity index (χ4n) is 3.49. The van der Waals surface area contributed by atoms with Gasteiger partial charge in [-0.15, -0.1) is 0 Å². The Morgan fingerprint density at radius 1 is 1.10 bits per heavy atom. The second kappa shape index (κ2) is 6.40. The van der Waals surface area contributed by atoms with Gasteiger partial charge >= 0.3 is 0 Å². The van der Waals surface area contributed by atoms with Crippen molar-refractivity contribution in [3.8, 4) is 0 Å². The average Bonchev–Trinajstić information content (AvgIpc) is 2.86. The number of amides is 1. The van der Waals surface area contributed by atoms with Crippen LogP contribution in [0.2, 0.25) is 0 Å². The van der Waals surface area contributed by atoms with Crippen LogP contribution in [0.5, 0.6) is 0 Å². The first-order valence-electron chi connectivity index (χ1n) is 7.85. The molecule has 0 N–H and O–H groups in total. The van der Waals surface area contributed by atoms with Crippen LogP contribution >= 0.6 is 0 Å². The number of piperidine rings is 1. The SMILES string of the molecule is O=C1CCCN1C[C@@H]1CCCN(Cc2ccccc2)C1. The van der Waals surface area contributed by atoms with Gasteiger partial charge in [0.1, 0.15) is 0 Å².